The zero-order chi connectivity index (χ0) is 16.4. The van der Waals surface area contributed by atoms with Crippen molar-refractivity contribution in [1.29, 1.82) is 0 Å². The van der Waals surface area contributed by atoms with Crippen LogP contribution in [0.25, 0.3) is 0 Å². The molecule has 1 N–H and O–H groups in total. The number of thiazole rings is 1. The van der Waals surface area contributed by atoms with Crippen LogP contribution < -0.4 is 5.32 Å². The first-order chi connectivity index (χ1) is 10.9. The SMILES string of the molecule is O=C(CSc1ccc(C(F)(F)F)cn1)Nc1nc2c(s1)CCC2. The normalized spacial score (nSPS) is 13.9. The van der Waals surface area contributed by atoms with Crippen LogP contribution in [0.15, 0.2) is 23.4 Å². The maximum absolute atomic E-state index is 12.4. The number of hydrogen-bond acceptors (Lipinski definition) is 5. The predicted molar refractivity (Wildman–Crippen MR) is 82.7 cm³/mol. The van der Waals surface area contributed by atoms with Gasteiger partial charge in [-0.2, -0.15) is 13.2 Å². The number of hydrogen-bond donors (Lipinski definition) is 1. The molecule has 0 radical (unpaired) electrons. The van der Waals surface area contributed by atoms with Crippen LogP contribution in [0.1, 0.15) is 22.6 Å². The van der Waals surface area contributed by atoms with Crippen molar-refractivity contribution >= 4 is 34.1 Å². The van der Waals surface area contributed by atoms with E-state index in [1.807, 2.05) is 0 Å². The number of nitrogens with one attached hydrogen (secondary N) is 1. The zero-order valence-corrected chi connectivity index (χ0v) is 13.4. The Bertz CT molecular complexity index is 692. The Morgan fingerprint density at radius 3 is 2.83 bits per heavy atom. The number of carbonyl (C=O) groups is 1. The molecule has 1 aliphatic carbocycles. The van der Waals surface area contributed by atoms with E-state index in [4.69, 9.17) is 0 Å². The van der Waals surface area contributed by atoms with Crippen LogP contribution in [-0.2, 0) is 23.8 Å². The van der Waals surface area contributed by atoms with Crippen LogP contribution in [0.5, 0.6) is 0 Å². The Kier molecular flexibility index (Phi) is 4.58. The number of rotatable bonds is 4. The highest BCUT2D eigenvalue weighted by molar-refractivity contribution is 7.99. The van der Waals surface area contributed by atoms with Crippen molar-refractivity contribution in [3.63, 3.8) is 0 Å². The van der Waals surface area contributed by atoms with Crippen molar-refractivity contribution in [2.24, 2.45) is 0 Å². The minimum Gasteiger partial charge on any atom is -0.301 e. The number of halogens is 3. The van der Waals surface area contributed by atoms with Crippen LogP contribution >= 0.6 is 23.1 Å². The van der Waals surface area contributed by atoms with E-state index in [9.17, 15) is 18.0 Å². The molecule has 0 aliphatic heterocycles. The summed E-state index contributed by atoms with van der Waals surface area (Å²) >= 11 is 2.57. The number of aryl methyl sites for hydroxylation is 2. The average molecular weight is 359 g/mol. The standard InChI is InChI=1S/C14H12F3N3OS2/c15-14(16,17)8-4-5-12(18-6-8)22-7-11(21)20-13-19-9-2-1-3-10(9)23-13/h4-6H,1-3,7H2,(H,19,20,21). The summed E-state index contributed by atoms with van der Waals surface area (Å²) in [4.78, 5) is 21.2. The summed E-state index contributed by atoms with van der Waals surface area (Å²) in [5.41, 5.74) is 0.256. The van der Waals surface area contributed by atoms with Crippen molar-refractivity contribution in [2.45, 2.75) is 30.5 Å². The van der Waals surface area contributed by atoms with Crippen molar-refractivity contribution < 1.29 is 18.0 Å². The smallest absolute Gasteiger partial charge is 0.301 e. The van der Waals surface area contributed by atoms with E-state index >= 15 is 0 Å². The summed E-state index contributed by atoms with van der Waals surface area (Å²) in [5, 5.41) is 3.67. The number of carbonyl (C=O) groups excluding carboxylic acids is 1. The third kappa shape index (κ3) is 4.03. The van der Waals surface area contributed by atoms with Crippen LogP contribution in [0, 0.1) is 0 Å². The average Bonchev–Trinajstić information content (AvgIpc) is 3.06. The number of thioether (sulfide) groups is 1. The number of nitrogens with zero attached hydrogens (tertiary/aromatic N) is 2. The summed E-state index contributed by atoms with van der Waals surface area (Å²) in [5.74, 6) is -0.174. The maximum Gasteiger partial charge on any atom is 0.417 e. The molecule has 2 aromatic rings. The topological polar surface area (TPSA) is 54.9 Å². The molecule has 0 saturated heterocycles. The molecule has 0 spiro atoms. The number of fused-ring (bicyclic) bond motifs is 1. The fraction of sp³-hybridized carbons (Fsp3) is 0.357. The molecule has 3 rings (SSSR count). The molecule has 0 bridgehead atoms. The molecule has 0 atom stereocenters. The second-order valence-corrected chi connectivity index (χ2v) is 7.04. The quantitative estimate of drug-likeness (QED) is 0.844. The van der Waals surface area contributed by atoms with Gasteiger partial charge in [-0.15, -0.1) is 11.3 Å². The molecule has 23 heavy (non-hydrogen) atoms. The second kappa shape index (κ2) is 6.48. The van der Waals surface area contributed by atoms with Crippen LogP contribution in [0.2, 0.25) is 0 Å². The Balaban J connectivity index is 1.52. The molecule has 0 fully saturated rings. The molecule has 1 amide bonds. The van der Waals surface area contributed by atoms with Crippen molar-refractivity contribution in [2.75, 3.05) is 11.1 Å². The predicted octanol–water partition coefficient (Wildman–Crippen LogP) is 3.78. The third-order valence-electron chi connectivity index (χ3n) is 3.26. The molecule has 0 aromatic carbocycles. The molecule has 4 nitrogen and oxygen atoms in total. The molecular weight excluding hydrogens is 347 g/mol. The molecule has 2 aromatic heterocycles. The highest BCUT2D eigenvalue weighted by Gasteiger charge is 2.30. The minimum atomic E-state index is -4.40. The van der Waals surface area contributed by atoms with Crippen molar-refractivity contribution in [3.05, 3.63) is 34.5 Å². The van der Waals surface area contributed by atoms with E-state index in [1.54, 1.807) is 0 Å². The van der Waals surface area contributed by atoms with Gasteiger partial charge < -0.3 is 5.32 Å². The summed E-state index contributed by atoms with van der Waals surface area (Å²) in [6.07, 6.45) is -0.568. The maximum atomic E-state index is 12.4. The lowest BCUT2D eigenvalue weighted by molar-refractivity contribution is -0.137. The van der Waals surface area contributed by atoms with Gasteiger partial charge >= 0.3 is 6.18 Å². The minimum absolute atomic E-state index is 0.0720. The van der Waals surface area contributed by atoms with Gasteiger partial charge in [0, 0.05) is 11.1 Å². The lowest BCUT2D eigenvalue weighted by Gasteiger charge is -2.06. The van der Waals surface area contributed by atoms with E-state index in [0.29, 0.717) is 10.2 Å². The van der Waals surface area contributed by atoms with E-state index in [1.165, 1.54) is 22.3 Å². The number of aromatic nitrogens is 2. The highest BCUT2D eigenvalue weighted by atomic mass is 32.2. The van der Waals surface area contributed by atoms with Gasteiger partial charge in [0.25, 0.3) is 0 Å². The largest absolute Gasteiger partial charge is 0.417 e. The first-order valence-electron chi connectivity index (χ1n) is 6.86. The van der Waals surface area contributed by atoms with Gasteiger partial charge in [0.05, 0.1) is 22.0 Å². The van der Waals surface area contributed by atoms with Gasteiger partial charge in [-0.25, -0.2) is 9.97 Å². The molecule has 1 aliphatic rings. The monoisotopic (exact) mass is 359 g/mol. The molecule has 0 unspecified atom stereocenters. The fourth-order valence-corrected chi connectivity index (χ4v) is 3.88. The summed E-state index contributed by atoms with van der Waals surface area (Å²) in [6.45, 7) is 0. The number of pyridine rings is 1. The summed E-state index contributed by atoms with van der Waals surface area (Å²) in [7, 11) is 0. The highest BCUT2D eigenvalue weighted by Crippen LogP contribution is 2.31. The van der Waals surface area contributed by atoms with Gasteiger partial charge in [0.15, 0.2) is 5.13 Å². The van der Waals surface area contributed by atoms with Crippen molar-refractivity contribution in [3.8, 4) is 0 Å². The number of alkyl halides is 3. The van der Waals surface area contributed by atoms with Gasteiger partial charge in [0.2, 0.25) is 5.91 Å². The van der Waals surface area contributed by atoms with Gasteiger partial charge in [-0.3, -0.25) is 4.79 Å². The van der Waals surface area contributed by atoms with Crippen LogP contribution in [0.3, 0.4) is 0 Å². The molecule has 9 heteroatoms. The Hall–Kier alpha value is -1.61. The van der Waals surface area contributed by atoms with Gasteiger partial charge in [-0.05, 0) is 31.4 Å². The Morgan fingerprint density at radius 1 is 1.35 bits per heavy atom. The summed E-state index contributed by atoms with van der Waals surface area (Å²) in [6, 6.07) is 2.22. The zero-order valence-electron chi connectivity index (χ0n) is 11.8. The summed E-state index contributed by atoms with van der Waals surface area (Å²) < 4.78 is 37.3. The van der Waals surface area contributed by atoms with Gasteiger partial charge in [-0.1, -0.05) is 11.8 Å². The van der Waals surface area contributed by atoms with Crippen LogP contribution in [-0.4, -0.2) is 21.6 Å². The lowest BCUT2D eigenvalue weighted by Crippen LogP contribution is -2.14. The van der Waals surface area contributed by atoms with E-state index in [0.717, 1.165) is 49.0 Å². The Morgan fingerprint density at radius 2 is 2.17 bits per heavy atom. The van der Waals surface area contributed by atoms with Crippen LogP contribution in [0.4, 0.5) is 18.3 Å². The molecule has 2 heterocycles. The first-order valence-corrected chi connectivity index (χ1v) is 8.66. The molecule has 122 valence electrons. The molecular formula is C14H12F3N3OS2. The fourth-order valence-electron chi connectivity index (χ4n) is 2.17. The van der Waals surface area contributed by atoms with E-state index in [2.05, 4.69) is 15.3 Å². The number of amides is 1. The second-order valence-electron chi connectivity index (χ2n) is 4.96. The van der Waals surface area contributed by atoms with E-state index in [-0.39, 0.29) is 11.7 Å². The molecule has 0 saturated carbocycles. The van der Waals surface area contributed by atoms with E-state index < -0.39 is 11.7 Å². The third-order valence-corrected chi connectivity index (χ3v) is 5.27. The first kappa shape index (κ1) is 16.3. The Labute approximate surface area is 138 Å². The lowest BCUT2D eigenvalue weighted by atomic mass is 10.3. The number of anilines is 1. The van der Waals surface area contributed by atoms with Gasteiger partial charge in [0.1, 0.15) is 0 Å². The van der Waals surface area contributed by atoms with Crippen molar-refractivity contribution in [1.82, 2.24) is 9.97 Å².